The van der Waals surface area contributed by atoms with Crippen LogP contribution in [-0.4, -0.2) is 0 Å². The number of nitrogens with one attached hydrogen (secondary N) is 1. The van der Waals surface area contributed by atoms with Gasteiger partial charge in [0.25, 0.3) is 0 Å². The molecule has 3 N–H and O–H groups in total. The van der Waals surface area contributed by atoms with E-state index in [9.17, 15) is 0 Å². The van der Waals surface area contributed by atoms with Crippen molar-refractivity contribution in [2.75, 3.05) is 11.1 Å². The van der Waals surface area contributed by atoms with Crippen molar-refractivity contribution >= 4 is 11.4 Å². The van der Waals surface area contributed by atoms with Crippen molar-refractivity contribution in [3.63, 3.8) is 0 Å². The predicted octanol–water partition coefficient (Wildman–Crippen LogP) is 3.03. The maximum atomic E-state index is 5.83. The summed E-state index contributed by atoms with van der Waals surface area (Å²) >= 11 is 0. The van der Waals surface area contributed by atoms with Crippen LogP contribution in [0.25, 0.3) is 0 Å². The minimum Gasteiger partial charge on any atom is -0.467 e. The lowest BCUT2D eigenvalue weighted by Crippen LogP contribution is -2.07. The van der Waals surface area contributed by atoms with Crippen molar-refractivity contribution in [2.45, 2.75) is 13.0 Å². The number of hydrogen-bond donors (Lipinski definition) is 2. The first-order valence-corrected chi connectivity index (χ1v) is 4.92. The van der Waals surface area contributed by atoms with Crippen LogP contribution in [-0.2, 0) is 0 Å². The lowest BCUT2D eigenvalue weighted by Gasteiger charge is -2.14. The van der Waals surface area contributed by atoms with Gasteiger partial charge < -0.3 is 15.5 Å². The zero-order valence-electron chi connectivity index (χ0n) is 8.60. The molecule has 0 radical (unpaired) electrons. The van der Waals surface area contributed by atoms with Crippen LogP contribution in [0.1, 0.15) is 18.7 Å². The van der Waals surface area contributed by atoms with Crippen LogP contribution in [0, 0.1) is 0 Å². The van der Waals surface area contributed by atoms with Gasteiger partial charge in [0.1, 0.15) is 5.76 Å². The fraction of sp³-hybridized carbons (Fsp3) is 0.167. The van der Waals surface area contributed by atoms with Gasteiger partial charge in [0, 0.05) is 0 Å². The molecule has 1 aromatic carbocycles. The minimum absolute atomic E-state index is 0.115. The normalized spacial score (nSPS) is 12.3. The molecule has 0 aliphatic carbocycles. The first kappa shape index (κ1) is 9.65. The second-order valence-corrected chi connectivity index (χ2v) is 3.47. The summed E-state index contributed by atoms with van der Waals surface area (Å²) in [6.07, 6.45) is 1.67. The Labute approximate surface area is 88.9 Å². The average molecular weight is 202 g/mol. The quantitative estimate of drug-likeness (QED) is 0.752. The van der Waals surface area contributed by atoms with Crippen molar-refractivity contribution in [3.05, 3.63) is 48.4 Å². The molecule has 0 saturated heterocycles. The van der Waals surface area contributed by atoms with Crippen molar-refractivity contribution in [2.24, 2.45) is 0 Å². The molecule has 3 nitrogen and oxygen atoms in total. The van der Waals surface area contributed by atoms with Crippen LogP contribution in [0.4, 0.5) is 11.4 Å². The van der Waals surface area contributed by atoms with Gasteiger partial charge in [-0.2, -0.15) is 0 Å². The van der Waals surface area contributed by atoms with E-state index >= 15 is 0 Å². The van der Waals surface area contributed by atoms with Crippen LogP contribution in [0.3, 0.4) is 0 Å². The molecule has 0 aliphatic rings. The zero-order valence-corrected chi connectivity index (χ0v) is 8.60. The highest BCUT2D eigenvalue weighted by Crippen LogP contribution is 2.23. The van der Waals surface area contributed by atoms with Crippen LogP contribution in [0.2, 0.25) is 0 Å². The Morgan fingerprint density at radius 2 is 2.00 bits per heavy atom. The minimum atomic E-state index is 0.115. The number of anilines is 2. The molecule has 0 saturated carbocycles. The Bertz CT molecular complexity index is 423. The molecule has 2 aromatic rings. The van der Waals surface area contributed by atoms with Gasteiger partial charge in [-0.25, -0.2) is 0 Å². The van der Waals surface area contributed by atoms with Gasteiger partial charge in [-0.05, 0) is 31.2 Å². The van der Waals surface area contributed by atoms with Gasteiger partial charge >= 0.3 is 0 Å². The van der Waals surface area contributed by atoms with Gasteiger partial charge in [0.05, 0.1) is 23.7 Å². The molecule has 0 fully saturated rings. The number of nitrogen functional groups attached to an aromatic ring is 1. The smallest absolute Gasteiger partial charge is 0.125 e. The third-order valence-electron chi connectivity index (χ3n) is 2.30. The highest BCUT2D eigenvalue weighted by atomic mass is 16.3. The SMILES string of the molecule is C[C@@H](Nc1ccccc1N)c1ccco1. The van der Waals surface area contributed by atoms with Crippen molar-refractivity contribution < 1.29 is 4.42 Å². The monoisotopic (exact) mass is 202 g/mol. The molecule has 0 unspecified atom stereocenters. The van der Waals surface area contributed by atoms with Gasteiger partial charge in [-0.1, -0.05) is 12.1 Å². The van der Waals surface area contributed by atoms with Gasteiger partial charge in [-0.3, -0.25) is 0 Å². The van der Waals surface area contributed by atoms with Crippen LogP contribution in [0.15, 0.2) is 47.1 Å². The number of furan rings is 1. The van der Waals surface area contributed by atoms with E-state index in [0.717, 1.165) is 17.1 Å². The first-order valence-electron chi connectivity index (χ1n) is 4.92. The standard InChI is InChI=1S/C12H14N2O/c1-9(12-7-4-8-15-12)14-11-6-3-2-5-10(11)13/h2-9,14H,13H2,1H3/t9-/m1/s1. The zero-order chi connectivity index (χ0) is 10.7. The fourth-order valence-electron chi connectivity index (χ4n) is 1.47. The lowest BCUT2D eigenvalue weighted by atomic mass is 10.2. The first-order chi connectivity index (χ1) is 7.27. The molecule has 0 spiro atoms. The summed E-state index contributed by atoms with van der Waals surface area (Å²) in [5.41, 5.74) is 7.51. The van der Waals surface area contributed by atoms with E-state index in [1.807, 2.05) is 43.3 Å². The number of benzene rings is 1. The van der Waals surface area contributed by atoms with Gasteiger partial charge in [-0.15, -0.1) is 0 Å². The third kappa shape index (κ3) is 2.13. The summed E-state index contributed by atoms with van der Waals surface area (Å²) in [5.74, 6) is 0.901. The van der Waals surface area contributed by atoms with Crippen LogP contribution in [0.5, 0.6) is 0 Å². The van der Waals surface area contributed by atoms with Gasteiger partial charge in [0.2, 0.25) is 0 Å². The Hall–Kier alpha value is -1.90. The van der Waals surface area contributed by atoms with Gasteiger partial charge in [0.15, 0.2) is 0 Å². The van der Waals surface area contributed by atoms with E-state index < -0.39 is 0 Å². The number of rotatable bonds is 3. The summed E-state index contributed by atoms with van der Waals surface area (Å²) in [7, 11) is 0. The van der Waals surface area contributed by atoms with E-state index in [0.29, 0.717) is 0 Å². The number of nitrogens with two attached hydrogens (primary N) is 1. The molecule has 2 rings (SSSR count). The summed E-state index contributed by atoms with van der Waals surface area (Å²) < 4.78 is 5.30. The number of hydrogen-bond acceptors (Lipinski definition) is 3. The van der Waals surface area contributed by atoms with Crippen molar-refractivity contribution in [1.82, 2.24) is 0 Å². The second-order valence-electron chi connectivity index (χ2n) is 3.47. The average Bonchev–Trinajstić information content (AvgIpc) is 2.74. The van der Waals surface area contributed by atoms with Crippen molar-refractivity contribution in [3.8, 4) is 0 Å². The lowest BCUT2D eigenvalue weighted by molar-refractivity contribution is 0.490. The molecule has 78 valence electrons. The summed E-state index contributed by atoms with van der Waals surface area (Å²) in [6, 6.07) is 11.6. The van der Waals surface area contributed by atoms with E-state index in [4.69, 9.17) is 10.2 Å². The van der Waals surface area contributed by atoms with Crippen molar-refractivity contribution in [1.29, 1.82) is 0 Å². The predicted molar refractivity (Wildman–Crippen MR) is 61.6 cm³/mol. The number of para-hydroxylation sites is 2. The molecule has 0 aliphatic heterocycles. The Balaban J connectivity index is 2.13. The summed E-state index contributed by atoms with van der Waals surface area (Å²) in [4.78, 5) is 0. The Morgan fingerprint density at radius 3 is 2.67 bits per heavy atom. The summed E-state index contributed by atoms with van der Waals surface area (Å²) in [5, 5.41) is 3.29. The molecular formula is C12H14N2O. The van der Waals surface area contributed by atoms with Crippen LogP contribution >= 0.6 is 0 Å². The summed E-state index contributed by atoms with van der Waals surface area (Å²) in [6.45, 7) is 2.03. The highest BCUT2D eigenvalue weighted by Gasteiger charge is 2.08. The maximum Gasteiger partial charge on any atom is 0.125 e. The molecular weight excluding hydrogens is 188 g/mol. The van der Waals surface area contributed by atoms with E-state index in [-0.39, 0.29) is 6.04 Å². The van der Waals surface area contributed by atoms with E-state index in [2.05, 4.69) is 5.32 Å². The largest absolute Gasteiger partial charge is 0.467 e. The topological polar surface area (TPSA) is 51.2 Å². The third-order valence-corrected chi connectivity index (χ3v) is 2.30. The van der Waals surface area contributed by atoms with Crippen LogP contribution < -0.4 is 11.1 Å². The molecule has 1 heterocycles. The molecule has 1 aromatic heterocycles. The van der Waals surface area contributed by atoms with E-state index in [1.165, 1.54) is 0 Å². The molecule has 1 atom stereocenters. The fourth-order valence-corrected chi connectivity index (χ4v) is 1.47. The Kier molecular flexibility index (Phi) is 2.63. The Morgan fingerprint density at radius 1 is 1.20 bits per heavy atom. The maximum absolute atomic E-state index is 5.83. The van der Waals surface area contributed by atoms with E-state index in [1.54, 1.807) is 6.26 Å². The molecule has 0 amide bonds. The molecule has 15 heavy (non-hydrogen) atoms. The highest BCUT2D eigenvalue weighted by molar-refractivity contribution is 5.66. The molecule has 3 heteroatoms. The second kappa shape index (κ2) is 4.09. The molecule has 0 bridgehead atoms.